The predicted octanol–water partition coefficient (Wildman–Crippen LogP) is 18.3. The number of esters is 2. The van der Waals surface area contributed by atoms with Crippen LogP contribution in [0, 0.1) is 6.92 Å². The van der Waals surface area contributed by atoms with Crippen molar-refractivity contribution in [3.05, 3.63) is 183 Å². The van der Waals surface area contributed by atoms with Gasteiger partial charge in [0, 0.05) is 63.9 Å². The highest BCUT2D eigenvalue weighted by atomic mass is 16.7. The number of likely N-dealkylation sites (N-methyl/N-ethyl adjacent to an activating group) is 2. The van der Waals surface area contributed by atoms with Crippen molar-refractivity contribution in [2.75, 3.05) is 55.7 Å². The van der Waals surface area contributed by atoms with Crippen LogP contribution >= 0.6 is 0 Å². The van der Waals surface area contributed by atoms with E-state index >= 15 is 0 Å². The van der Waals surface area contributed by atoms with Gasteiger partial charge in [-0.1, -0.05) is 132 Å². The number of hydrogen-bond donors (Lipinski definition) is 0. The second-order valence-electron chi connectivity index (χ2n) is 29.6. The van der Waals surface area contributed by atoms with Crippen LogP contribution in [-0.2, 0) is 40.6 Å². The highest BCUT2D eigenvalue weighted by molar-refractivity contribution is 6.38. The average Bonchev–Trinajstić information content (AvgIpc) is 1.69. The molecule has 13 heteroatoms. The predicted molar refractivity (Wildman–Crippen MR) is 369 cm³/mol. The molecule has 0 radical (unpaired) electrons. The number of benzene rings is 6. The monoisotopic (exact) mass is 1240 g/mol. The fourth-order valence-corrected chi connectivity index (χ4v) is 11.4. The lowest BCUT2D eigenvalue weighted by Gasteiger charge is -2.30. The summed E-state index contributed by atoms with van der Waals surface area (Å²) < 4.78 is 37.7. The molecule has 0 bridgehead atoms. The summed E-state index contributed by atoms with van der Waals surface area (Å²) in [5.41, 5.74) is 12.0. The number of aryl methyl sites for hydroxylation is 1. The van der Waals surface area contributed by atoms with Crippen molar-refractivity contribution in [1.82, 2.24) is 0 Å². The van der Waals surface area contributed by atoms with E-state index in [-0.39, 0.29) is 13.2 Å². The van der Waals surface area contributed by atoms with Crippen LogP contribution in [0.2, 0.25) is 0 Å². The van der Waals surface area contributed by atoms with Crippen molar-refractivity contribution >= 4 is 58.2 Å². The molecule has 1 aliphatic rings. The molecular formula is C78H100N3O10+. The molecule has 0 aromatic heterocycles. The summed E-state index contributed by atoms with van der Waals surface area (Å²) in [6.45, 7) is 46.8. The van der Waals surface area contributed by atoms with Crippen molar-refractivity contribution in [2.45, 2.75) is 185 Å². The Kier molecular flexibility index (Phi) is 21.4. The number of rotatable bonds is 18. The van der Waals surface area contributed by atoms with Crippen LogP contribution in [0.1, 0.15) is 216 Å². The van der Waals surface area contributed by atoms with Gasteiger partial charge in [0.25, 0.3) is 0 Å². The highest BCUT2D eigenvalue weighted by Gasteiger charge is 2.39. The normalized spacial score (nSPS) is 13.5. The zero-order valence-electron chi connectivity index (χ0n) is 58.4. The second-order valence-corrected chi connectivity index (χ2v) is 29.6. The number of para-hydroxylation sites is 1. The van der Waals surface area contributed by atoms with Crippen molar-refractivity contribution in [3.63, 3.8) is 0 Å². The van der Waals surface area contributed by atoms with E-state index in [1.807, 2.05) is 83.1 Å². The third-order valence-corrected chi connectivity index (χ3v) is 15.9. The number of hydrogen-bond acceptors (Lipinski definition) is 12. The van der Waals surface area contributed by atoms with Crippen LogP contribution < -0.4 is 19.3 Å². The van der Waals surface area contributed by atoms with Crippen LogP contribution in [-0.4, -0.2) is 91.7 Å². The summed E-state index contributed by atoms with van der Waals surface area (Å²) in [6.07, 6.45) is -1.61. The highest BCUT2D eigenvalue weighted by Crippen LogP contribution is 2.46. The Morgan fingerprint density at radius 1 is 0.462 bits per heavy atom. The van der Waals surface area contributed by atoms with Crippen molar-refractivity contribution in [3.8, 4) is 11.5 Å². The number of allylic oxidation sites excluding steroid dienone is 1. The number of fused-ring (bicyclic) bond motifs is 1. The summed E-state index contributed by atoms with van der Waals surface area (Å²) >= 11 is 0. The third kappa shape index (κ3) is 17.2. The van der Waals surface area contributed by atoms with Crippen LogP contribution in [0.15, 0.2) is 121 Å². The van der Waals surface area contributed by atoms with Gasteiger partial charge < -0.3 is 38.2 Å². The largest absolute Gasteiger partial charge is 0.514 e. The van der Waals surface area contributed by atoms with Crippen LogP contribution in [0.3, 0.4) is 0 Å². The molecule has 6 aromatic rings. The van der Waals surface area contributed by atoms with Crippen molar-refractivity contribution in [2.24, 2.45) is 0 Å². The molecule has 1 heterocycles. The maximum absolute atomic E-state index is 14.1. The minimum Gasteiger partial charge on any atom is -0.460 e. The number of carbonyl (C=O) groups is 4. The molecule has 0 N–H and O–H groups in total. The molecule has 0 saturated heterocycles. The zero-order chi connectivity index (χ0) is 67.3. The number of carbonyl (C=O) groups excluding carboxylic acids is 4. The Morgan fingerprint density at radius 3 is 1.26 bits per heavy atom. The molecular weight excluding hydrogens is 1140 g/mol. The van der Waals surface area contributed by atoms with Gasteiger partial charge in [0.1, 0.15) is 42.5 Å². The standard InChI is InChI=1S/C78H100N3O10/c1-23-79(41-43-86-69(82)53-46-59(73(5,6)7)67(60(47-53)74(8,9)10)88-71(84)90-77(17,18)19)55-37-35-51(36-38-55)64(65-58-33-29-30-34-63(58)81(25-3)66(65)52-31-27-26-28-32-52)57-40-39-56(45-50(57)4)80(24-2)42-44-87-70(83)54-48-61(75(11,12)13)68(62(49-54)76(14,15)16)89-72(85)91-78(20,21)22/h26-40,45-49H,23-25,41-44H2,1-22H3/q+1. The lowest BCUT2D eigenvalue weighted by molar-refractivity contribution is -0.431. The number of anilines is 2. The first-order valence-electron chi connectivity index (χ1n) is 32.1. The third-order valence-electron chi connectivity index (χ3n) is 15.9. The van der Waals surface area contributed by atoms with E-state index in [2.05, 4.69) is 139 Å². The smallest absolute Gasteiger partial charge is 0.460 e. The Bertz CT molecular complexity index is 3630. The van der Waals surface area contributed by atoms with E-state index < -0.39 is 57.1 Å². The van der Waals surface area contributed by atoms with Gasteiger partial charge in [-0.25, -0.2) is 19.2 Å². The summed E-state index contributed by atoms with van der Waals surface area (Å²) in [5, 5.41) is 0. The van der Waals surface area contributed by atoms with Gasteiger partial charge >= 0.3 is 24.2 Å². The number of nitrogens with zero attached hydrogens (tertiary/aromatic N) is 3. The first kappa shape index (κ1) is 70.3. The van der Waals surface area contributed by atoms with E-state index in [9.17, 15) is 19.2 Å². The maximum atomic E-state index is 14.1. The fraction of sp³-hybridized carbons (Fsp3) is 0.449. The van der Waals surface area contributed by atoms with E-state index in [1.165, 1.54) is 0 Å². The van der Waals surface area contributed by atoms with Gasteiger partial charge in [0.05, 0.1) is 35.4 Å². The lowest BCUT2D eigenvalue weighted by atomic mass is 9.78. The molecule has 0 spiro atoms. The Labute approximate surface area is 542 Å². The molecule has 1 aliphatic heterocycles. The van der Waals surface area contributed by atoms with Gasteiger partial charge in [-0.2, -0.15) is 4.58 Å². The molecule has 13 nitrogen and oxygen atoms in total. The number of ether oxygens (including phenoxy) is 6. The van der Waals surface area contributed by atoms with Crippen LogP contribution in [0.25, 0.3) is 11.1 Å². The molecule has 0 unspecified atom stereocenters. The molecule has 0 atom stereocenters. The van der Waals surface area contributed by atoms with E-state index in [1.54, 1.807) is 65.8 Å². The van der Waals surface area contributed by atoms with Crippen molar-refractivity contribution in [1.29, 1.82) is 0 Å². The minimum atomic E-state index is -0.803. The summed E-state index contributed by atoms with van der Waals surface area (Å²) in [5.74, 6) is -0.140. The quantitative estimate of drug-likeness (QED) is 0.0351. The van der Waals surface area contributed by atoms with Gasteiger partial charge in [0.2, 0.25) is 11.4 Å². The molecule has 91 heavy (non-hydrogen) atoms. The van der Waals surface area contributed by atoms with E-state index in [0.717, 1.165) is 68.3 Å². The second kappa shape index (κ2) is 27.7. The summed E-state index contributed by atoms with van der Waals surface area (Å²) in [7, 11) is 0. The molecule has 0 amide bonds. The Hall–Kier alpha value is -8.19. The summed E-state index contributed by atoms with van der Waals surface area (Å²) in [4.78, 5) is 58.9. The van der Waals surface area contributed by atoms with Gasteiger partial charge in [-0.3, -0.25) is 0 Å². The molecule has 7 rings (SSSR count). The van der Waals surface area contributed by atoms with Crippen LogP contribution in [0.5, 0.6) is 11.5 Å². The minimum absolute atomic E-state index is 0.135. The Morgan fingerprint density at radius 2 is 0.868 bits per heavy atom. The maximum Gasteiger partial charge on any atom is 0.514 e. The van der Waals surface area contributed by atoms with Gasteiger partial charge in [-0.15, -0.1) is 0 Å². The summed E-state index contributed by atoms with van der Waals surface area (Å²) in [6, 6.07) is 41.7. The average molecular weight is 1240 g/mol. The molecule has 6 aromatic carbocycles. The fourth-order valence-electron chi connectivity index (χ4n) is 11.4. The zero-order valence-corrected chi connectivity index (χ0v) is 58.4. The Balaban J connectivity index is 1.19. The van der Waals surface area contributed by atoms with Crippen LogP contribution in [0.4, 0.5) is 26.7 Å². The van der Waals surface area contributed by atoms with E-state index in [4.69, 9.17) is 28.4 Å². The SMILES string of the molecule is CCN(CCOC(=O)c1cc(C(C)(C)C)c(OC(=O)OC(C)(C)C)c(C(C)(C)C)c1)c1ccc(C(=C2C(c3ccccc3)=[N+](CC)c3ccccc32)c2ccc(N(CC)CCOC(=O)c3cc(C(C)(C)C)c(OC(=O)OC(C)(C)C)c(C(C)(C)C)c3)cc2C)cc1. The molecule has 486 valence electrons. The molecule has 0 saturated carbocycles. The first-order valence-corrected chi connectivity index (χ1v) is 32.1. The van der Waals surface area contributed by atoms with Gasteiger partial charge in [-0.05, 0) is 174 Å². The molecule has 0 fully saturated rings. The van der Waals surface area contributed by atoms with E-state index in [0.29, 0.717) is 71.1 Å². The molecule has 0 aliphatic carbocycles. The van der Waals surface area contributed by atoms with Gasteiger partial charge in [0.15, 0.2) is 0 Å². The van der Waals surface area contributed by atoms with Crippen molar-refractivity contribution < 1.29 is 52.2 Å². The lowest BCUT2D eigenvalue weighted by Crippen LogP contribution is -2.29. The first-order chi connectivity index (χ1) is 42.3. The topological polar surface area (TPSA) is 133 Å².